The SMILES string of the molecule is CC(C)(C)n1ncc(-c2ccccc2)c1-c1ccccc1. The van der Waals surface area contributed by atoms with Crippen LogP contribution in [0.3, 0.4) is 0 Å². The molecule has 0 radical (unpaired) electrons. The lowest BCUT2D eigenvalue weighted by molar-refractivity contribution is 0.360. The molecule has 1 heterocycles. The highest BCUT2D eigenvalue weighted by Crippen LogP contribution is 2.34. The summed E-state index contributed by atoms with van der Waals surface area (Å²) < 4.78 is 2.12. The maximum Gasteiger partial charge on any atom is 0.0767 e. The third-order valence-electron chi connectivity index (χ3n) is 3.54. The zero-order valence-electron chi connectivity index (χ0n) is 12.7. The summed E-state index contributed by atoms with van der Waals surface area (Å²) in [6, 6.07) is 20.9. The van der Waals surface area contributed by atoms with Gasteiger partial charge in [0.05, 0.1) is 17.4 Å². The number of aromatic nitrogens is 2. The van der Waals surface area contributed by atoms with Crippen molar-refractivity contribution in [1.82, 2.24) is 9.78 Å². The molecule has 2 heteroatoms. The van der Waals surface area contributed by atoms with Gasteiger partial charge < -0.3 is 0 Å². The molecular formula is C19H20N2. The Hall–Kier alpha value is -2.35. The Kier molecular flexibility index (Phi) is 3.38. The van der Waals surface area contributed by atoms with E-state index in [-0.39, 0.29) is 5.54 Å². The summed E-state index contributed by atoms with van der Waals surface area (Å²) in [5.74, 6) is 0. The summed E-state index contributed by atoms with van der Waals surface area (Å²) in [6.07, 6.45) is 1.98. The molecule has 0 atom stereocenters. The van der Waals surface area contributed by atoms with Crippen molar-refractivity contribution in [3.8, 4) is 22.4 Å². The molecule has 0 bridgehead atoms. The molecule has 106 valence electrons. The summed E-state index contributed by atoms with van der Waals surface area (Å²) in [5, 5.41) is 4.66. The zero-order valence-corrected chi connectivity index (χ0v) is 12.7. The fourth-order valence-corrected chi connectivity index (χ4v) is 2.56. The van der Waals surface area contributed by atoms with Gasteiger partial charge in [-0.05, 0) is 26.3 Å². The van der Waals surface area contributed by atoms with E-state index in [9.17, 15) is 0 Å². The van der Waals surface area contributed by atoms with E-state index in [1.807, 2.05) is 18.3 Å². The molecule has 2 aromatic carbocycles. The van der Waals surface area contributed by atoms with Crippen LogP contribution in [0.1, 0.15) is 20.8 Å². The average molecular weight is 276 g/mol. The Bertz CT molecular complexity index is 719. The first-order chi connectivity index (χ1) is 10.1. The lowest BCUT2D eigenvalue weighted by Gasteiger charge is -2.23. The predicted molar refractivity (Wildman–Crippen MR) is 88.1 cm³/mol. The third-order valence-corrected chi connectivity index (χ3v) is 3.54. The zero-order chi connectivity index (χ0) is 14.9. The number of nitrogens with zero attached hydrogens (tertiary/aromatic N) is 2. The topological polar surface area (TPSA) is 17.8 Å². The minimum Gasteiger partial charge on any atom is -0.259 e. The maximum absolute atomic E-state index is 4.66. The summed E-state index contributed by atoms with van der Waals surface area (Å²) >= 11 is 0. The number of hydrogen-bond acceptors (Lipinski definition) is 1. The van der Waals surface area contributed by atoms with Crippen molar-refractivity contribution in [1.29, 1.82) is 0 Å². The van der Waals surface area contributed by atoms with Crippen LogP contribution in [-0.4, -0.2) is 9.78 Å². The van der Waals surface area contributed by atoms with Crippen LogP contribution in [0.2, 0.25) is 0 Å². The first kappa shape index (κ1) is 13.6. The number of hydrogen-bond donors (Lipinski definition) is 0. The standard InChI is InChI=1S/C19H20N2/c1-19(2,3)21-18(16-12-8-5-9-13-16)17(14-20-21)15-10-6-4-7-11-15/h4-14H,1-3H3. The molecule has 0 aliphatic carbocycles. The van der Waals surface area contributed by atoms with Crippen LogP contribution >= 0.6 is 0 Å². The Morgan fingerprint density at radius 2 is 1.29 bits per heavy atom. The van der Waals surface area contributed by atoms with Crippen LogP contribution in [0.15, 0.2) is 66.9 Å². The quantitative estimate of drug-likeness (QED) is 0.646. The Labute approximate surface area is 126 Å². The van der Waals surface area contributed by atoms with E-state index in [2.05, 4.69) is 79.1 Å². The smallest absolute Gasteiger partial charge is 0.0767 e. The van der Waals surface area contributed by atoms with Crippen molar-refractivity contribution in [2.75, 3.05) is 0 Å². The molecule has 3 rings (SSSR count). The van der Waals surface area contributed by atoms with Gasteiger partial charge in [-0.2, -0.15) is 5.10 Å². The number of rotatable bonds is 2. The summed E-state index contributed by atoms with van der Waals surface area (Å²) in [7, 11) is 0. The molecule has 2 nitrogen and oxygen atoms in total. The van der Waals surface area contributed by atoms with Crippen molar-refractivity contribution < 1.29 is 0 Å². The van der Waals surface area contributed by atoms with Gasteiger partial charge in [0.15, 0.2) is 0 Å². The van der Waals surface area contributed by atoms with Crippen LogP contribution < -0.4 is 0 Å². The monoisotopic (exact) mass is 276 g/mol. The number of benzene rings is 2. The van der Waals surface area contributed by atoms with Crippen LogP contribution in [0.5, 0.6) is 0 Å². The van der Waals surface area contributed by atoms with E-state index in [1.165, 1.54) is 22.4 Å². The molecule has 1 aromatic heterocycles. The van der Waals surface area contributed by atoms with Crippen molar-refractivity contribution in [2.45, 2.75) is 26.3 Å². The van der Waals surface area contributed by atoms with Gasteiger partial charge in [-0.25, -0.2) is 0 Å². The molecular weight excluding hydrogens is 256 g/mol. The molecule has 3 aromatic rings. The van der Waals surface area contributed by atoms with Crippen LogP contribution in [0.4, 0.5) is 0 Å². The van der Waals surface area contributed by atoms with E-state index in [0.717, 1.165) is 0 Å². The van der Waals surface area contributed by atoms with Crippen molar-refractivity contribution in [2.24, 2.45) is 0 Å². The van der Waals surface area contributed by atoms with Gasteiger partial charge in [-0.1, -0.05) is 60.7 Å². The van der Waals surface area contributed by atoms with Gasteiger partial charge in [0.1, 0.15) is 0 Å². The van der Waals surface area contributed by atoms with Gasteiger partial charge in [0.2, 0.25) is 0 Å². The van der Waals surface area contributed by atoms with Gasteiger partial charge in [-0.15, -0.1) is 0 Å². The van der Waals surface area contributed by atoms with Gasteiger partial charge in [-0.3, -0.25) is 4.68 Å². The van der Waals surface area contributed by atoms with Crippen molar-refractivity contribution in [3.05, 3.63) is 66.9 Å². The second-order valence-electron chi connectivity index (χ2n) is 6.22. The van der Waals surface area contributed by atoms with Gasteiger partial charge in [0.25, 0.3) is 0 Å². The first-order valence-electron chi connectivity index (χ1n) is 7.27. The molecule has 0 fully saturated rings. The van der Waals surface area contributed by atoms with Crippen LogP contribution in [0, 0.1) is 0 Å². The first-order valence-corrected chi connectivity index (χ1v) is 7.27. The summed E-state index contributed by atoms with van der Waals surface area (Å²) in [4.78, 5) is 0. The van der Waals surface area contributed by atoms with E-state index < -0.39 is 0 Å². The third kappa shape index (κ3) is 2.62. The molecule has 0 spiro atoms. The van der Waals surface area contributed by atoms with E-state index in [0.29, 0.717) is 0 Å². The minimum absolute atomic E-state index is 0.0573. The minimum atomic E-state index is -0.0573. The average Bonchev–Trinajstić information content (AvgIpc) is 2.94. The van der Waals surface area contributed by atoms with E-state index >= 15 is 0 Å². The second-order valence-corrected chi connectivity index (χ2v) is 6.22. The molecule has 0 saturated heterocycles. The molecule has 0 aliphatic rings. The molecule has 0 N–H and O–H groups in total. The van der Waals surface area contributed by atoms with Gasteiger partial charge >= 0.3 is 0 Å². The normalized spacial score (nSPS) is 11.6. The van der Waals surface area contributed by atoms with E-state index in [1.54, 1.807) is 0 Å². The Morgan fingerprint density at radius 1 is 0.762 bits per heavy atom. The summed E-state index contributed by atoms with van der Waals surface area (Å²) in [6.45, 7) is 6.55. The lowest BCUT2D eigenvalue weighted by atomic mass is 10.00. The second kappa shape index (κ2) is 5.21. The lowest BCUT2D eigenvalue weighted by Crippen LogP contribution is -2.24. The Balaban J connectivity index is 2.26. The highest BCUT2D eigenvalue weighted by molar-refractivity contribution is 5.80. The van der Waals surface area contributed by atoms with Crippen molar-refractivity contribution in [3.63, 3.8) is 0 Å². The predicted octanol–water partition coefficient (Wildman–Crippen LogP) is 4.97. The fraction of sp³-hybridized carbons (Fsp3) is 0.211. The van der Waals surface area contributed by atoms with Crippen molar-refractivity contribution >= 4 is 0 Å². The molecule has 0 amide bonds. The Morgan fingerprint density at radius 3 is 1.81 bits per heavy atom. The molecule has 0 aliphatic heterocycles. The van der Waals surface area contributed by atoms with Gasteiger partial charge in [0, 0.05) is 11.1 Å². The molecule has 21 heavy (non-hydrogen) atoms. The van der Waals surface area contributed by atoms with Crippen LogP contribution in [0.25, 0.3) is 22.4 Å². The fourth-order valence-electron chi connectivity index (χ4n) is 2.56. The largest absolute Gasteiger partial charge is 0.259 e. The van der Waals surface area contributed by atoms with E-state index in [4.69, 9.17) is 0 Å². The highest BCUT2D eigenvalue weighted by Gasteiger charge is 2.22. The molecule has 0 saturated carbocycles. The maximum atomic E-state index is 4.66. The highest BCUT2D eigenvalue weighted by atomic mass is 15.3. The van der Waals surface area contributed by atoms with Crippen LogP contribution in [-0.2, 0) is 5.54 Å². The molecule has 0 unspecified atom stereocenters. The summed E-state index contributed by atoms with van der Waals surface area (Å²) in [5.41, 5.74) is 4.69.